The van der Waals surface area contributed by atoms with Crippen LogP contribution in [0.4, 0.5) is 14.9 Å². The zero-order chi connectivity index (χ0) is 17.9. The maximum absolute atomic E-state index is 13.9. The second-order valence-electron chi connectivity index (χ2n) is 5.21. The van der Waals surface area contributed by atoms with Crippen LogP contribution >= 0.6 is 27.5 Å². The van der Waals surface area contributed by atoms with Gasteiger partial charge in [-0.15, -0.1) is 0 Å². The predicted octanol–water partition coefficient (Wildman–Crippen LogP) is 3.48. The van der Waals surface area contributed by atoms with Crippen LogP contribution in [-0.2, 0) is 10.3 Å². The van der Waals surface area contributed by atoms with Crippen molar-refractivity contribution < 1.29 is 19.1 Å². The normalized spacial score (nSPS) is 13.2. The summed E-state index contributed by atoms with van der Waals surface area (Å²) in [5.74, 6) is -1.85. The Hall–Kier alpha value is -2.13. The molecule has 1 aromatic carbocycles. The molecule has 1 unspecified atom stereocenters. The SMILES string of the molecule is CC(CC(=O)O)(NC(=O)Nc1c(F)cc(Br)cc1Cl)c1cn[nH]c1. The molecule has 0 aliphatic carbocycles. The standard InChI is InChI=1S/C14H13BrClFN4O3/c1-14(4-11(22)23,7-5-18-19-6-7)21-13(24)20-12-9(16)2-8(15)3-10(12)17/h2-3,5-6H,4H2,1H3,(H,18,19)(H,22,23)(H2,20,21,24). The molecule has 24 heavy (non-hydrogen) atoms. The maximum atomic E-state index is 13.9. The molecule has 1 heterocycles. The number of carboxylic acids is 1. The van der Waals surface area contributed by atoms with Crippen molar-refractivity contribution in [2.45, 2.75) is 18.9 Å². The van der Waals surface area contributed by atoms with E-state index in [0.717, 1.165) is 6.07 Å². The van der Waals surface area contributed by atoms with Crippen LogP contribution in [0.2, 0.25) is 5.02 Å². The fraction of sp³-hybridized carbons (Fsp3) is 0.214. The van der Waals surface area contributed by atoms with Crippen LogP contribution in [0.15, 0.2) is 29.0 Å². The quantitative estimate of drug-likeness (QED) is 0.595. The average molecular weight is 420 g/mol. The number of amides is 2. The van der Waals surface area contributed by atoms with E-state index in [1.165, 1.54) is 25.4 Å². The number of nitrogens with one attached hydrogen (secondary N) is 3. The second kappa shape index (κ2) is 7.18. The molecule has 1 aromatic heterocycles. The van der Waals surface area contributed by atoms with E-state index in [9.17, 15) is 14.0 Å². The number of benzene rings is 1. The van der Waals surface area contributed by atoms with E-state index < -0.39 is 29.8 Å². The molecule has 0 fully saturated rings. The molecule has 2 aromatic rings. The van der Waals surface area contributed by atoms with Gasteiger partial charge in [-0.2, -0.15) is 5.10 Å². The number of rotatable bonds is 5. The Morgan fingerprint density at radius 1 is 1.50 bits per heavy atom. The lowest BCUT2D eigenvalue weighted by molar-refractivity contribution is -0.138. The molecule has 2 amide bonds. The smallest absolute Gasteiger partial charge is 0.320 e. The summed E-state index contributed by atoms with van der Waals surface area (Å²) < 4.78 is 14.3. The van der Waals surface area contributed by atoms with E-state index in [0.29, 0.717) is 10.0 Å². The molecule has 0 saturated heterocycles. The molecule has 0 aliphatic rings. The van der Waals surface area contributed by atoms with Crippen LogP contribution < -0.4 is 10.6 Å². The van der Waals surface area contributed by atoms with Gasteiger partial charge in [-0.3, -0.25) is 9.89 Å². The third-order valence-corrected chi connectivity index (χ3v) is 4.03. The molecule has 10 heteroatoms. The van der Waals surface area contributed by atoms with Gasteiger partial charge in [0.25, 0.3) is 0 Å². The Balaban J connectivity index is 2.22. The number of carboxylic acid groups (broad SMARTS) is 1. The van der Waals surface area contributed by atoms with Crippen molar-refractivity contribution in [2.75, 3.05) is 5.32 Å². The van der Waals surface area contributed by atoms with Crippen LogP contribution in [0.5, 0.6) is 0 Å². The van der Waals surface area contributed by atoms with Gasteiger partial charge < -0.3 is 15.7 Å². The fourth-order valence-corrected chi connectivity index (χ4v) is 2.95. The van der Waals surface area contributed by atoms with Gasteiger partial charge in [0.2, 0.25) is 0 Å². The first kappa shape index (κ1) is 18.2. The Morgan fingerprint density at radius 3 is 2.75 bits per heavy atom. The largest absolute Gasteiger partial charge is 0.481 e. The van der Waals surface area contributed by atoms with Crippen molar-refractivity contribution in [1.29, 1.82) is 0 Å². The number of hydrogen-bond donors (Lipinski definition) is 4. The molecule has 0 radical (unpaired) electrons. The highest BCUT2D eigenvalue weighted by molar-refractivity contribution is 9.10. The van der Waals surface area contributed by atoms with Crippen LogP contribution in [0, 0.1) is 5.82 Å². The van der Waals surface area contributed by atoms with E-state index in [2.05, 4.69) is 36.8 Å². The van der Waals surface area contributed by atoms with Crippen molar-refractivity contribution in [3.63, 3.8) is 0 Å². The fourth-order valence-electron chi connectivity index (χ4n) is 2.13. The minimum Gasteiger partial charge on any atom is -0.481 e. The number of halogens is 3. The number of carbonyl (C=O) groups is 2. The van der Waals surface area contributed by atoms with E-state index in [1.807, 2.05) is 0 Å². The first-order valence-corrected chi connectivity index (χ1v) is 7.83. The summed E-state index contributed by atoms with van der Waals surface area (Å²) >= 11 is 9.00. The summed E-state index contributed by atoms with van der Waals surface area (Å²) in [7, 11) is 0. The summed E-state index contributed by atoms with van der Waals surface area (Å²) in [6, 6.07) is 1.77. The Bertz CT molecular complexity index is 748. The van der Waals surface area contributed by atoms with E-state index >= 15 is 0 Å². The molecule has 1 atom stereocenters. The van der Waals surface area contributed by atoms with Crippen molar-refractivity contribution in [3.8, 4) is 0 Å². The van der Waals surface area contributed by atoms with Crippen LogP contribution in [0.3, 0.4) is 0 Å². The van der Waals surface area contributed by atoms with Gasteiger partial charge in [0.05, 0.1) is 28.9 Å². The van der Waals surface area contributed by atoms with E-state index in [4.69, 9.17) is 16.7 Å². The second-order valence-corrected chi connectivity index (χ2v) is 6.54. The molecular formula is C14H13BrClFN4O3. The van der Waals surface area contributed by atoms with Crippen LogP contribution in [-0.4, -0.2) is 27.3 Å². The monoisotopic (exact) mass is 418 g/mol. The van der Waals surface area contributed by atoms with Crippen molar-refractivity contribution in [2.24, 2.45) is 0 Å². The number of carbonyl (C=O) groups excluding carboxylic acids is 1. The first-order chi connectivity index (χ1) is 11.2. The van der Waals surface area contributed by atoms with Gasteiger partial charge in [-0.25, -0.2) is 9.18 Å². The molecule has 0 saturated carbocycles. The maximum Gasteiger partial charge on any atom is 0.320 e. The summed E-state index contributed by atoms with van der Waals surface area (Å²) in [5, 5.41) is 20.2. The lowest BCUT2D eigenvalue weighted by Crippen LogP contribution is -2.46. The number of aliphatic carboxylic acids is 1. The molecule has 7 nitrogen and oxygen atoms in total. The third kappa shape index (κ3) is 4.24. The zero-order valence-corrected chi connectivity index (χ0v) is 14.7. The highest BCUT2D eigenvalue weighted by Gasteiger charge is 2.32. The van der Waals surface area contributed by atoms with Gasteiger partial charge in [0, 0.05) is 16.2 Å². The summed E-state index contributed by atoms with van der Waals surface area (Å²) in [6.07, 6.45) is 2.48. The molecule has 0 aliphatic heterocycles. The van der Waals surface area contributed by atoms with Gasteiger partial charge in [-0.1, -0.05) is 27.5 Å². The predicted molar refractivity (Wildman–Crippen MR) is 89.5 cm³/mol. The van der Waals surface area contributed by atoms with Crippen molar-refractivity contribution in [1.82, 2.24) is 15.5 Å². The summed E-state index contributed by atoms with van der Waals surface area (Å²) in [4.78, 5) is 23.3. The van der Waals surface area contributed by atoms with Crippen LogP contribution in [0.1, 0.15) is 18.9 Å². The molecule has 0 bridgehead atoms. The van der Waals surface area contributed by atoms with Crippen molar-refractivity contribution >= 4 is 45.2 Å². The van der Waals surface area contributed by atoms with Crippen LogP contribution in [0.25, 0.3) is 0 Å². The van der Waals surface area contributed by atoms with Crippen molar-refractivity contribution in [3.05, 3.63) is 45.4 Å². The lowest BCUT2D eigenvalue weighted by atomic mass is 9.91. The van der Waals surface area contributed by atoms with E-state index in [-0.39, 0.29) is 10.7 Å². The summed E-state index contributed by atoms with van der Waals surface area (Å²) in [5.41, 5.74) is -0.994. The number of hydrogen-bond acceptors (Lipinski definition) is 3. The Kier molecular flexibility index (Phi) is 5.45. The molecule has 2 rings (SSSR count). The van der Waals surface area contributed by atoms with Gasteiger partial charge in [0.15, 0.2) is 0 Å². The lowest BCUT2D eigenvalue weighted by Gasteiger charge is -2.28. The number of aromatic amines is 1. The topological polar surface area (TPSA) is 107 Å². The minimum atomic E-state index is -1.25. The highest BCUT2D eigenvalue weighted by atomic mass is 79.9. The molecular weight excluding hydrogens is 407 g/mol. The average Bonchev–Trinajstić information content (AvgIpc) is 2.96. The van der Waals surface area contributed by atoms with Gasteiger partial charge >= 0.3 is 12.0 Å². The minimum absolute atomic E-state index is 0.000253. The summed E-state index contributed by atoms with van der Waals surface area (Å²) in [6.45, 7) is 1.52. The van der Waals surface area contributed by atoms with E-state index in [1.54, 1.807) is 0 Å². The first-order valence-electron chi connectivity index (χ1n) is 6.66. The number of anilines is 1. The number of H-pyrrole nitrogens is 1. The Labute approximate surface area is 149 Å². The third-order valence-electron chi connectivity index (χ3n) is 3.27. The Morgan fingerprint density at radius 2 is 2.21 bits per heavy atom. The molecule has 0 spiro atoms. The molecule has 128 valence electrons. The highest BCUT2D eigenvalue weighted by Crippen LogP contribution is 2.30. The zero-order valence-electron chi connectivity index (χ0n) is 12.4. The number of urea groups is 1. The number of aromatic nitrogens is 2. The molecule has 4 N–H and O–H groups in total. The van der Waals surface area contributed by atoms with Gasteiger partial charge in [0.1, 0.15) is 5.82 Å². The van der Waals surface area contributed by atoms with Gasteiger partial charge in [-0.05, 0) is 19.1 Å². The number of nitrogens with zero attached hydrogens (tertiary/aromatic N) is 1.